The van der Waals surface area contributed by atoms with Gasteiger partial charge in [0.25, 0.3) is 0 Å². The third-order valence-electron chi connectivity index (χ3n) is 2.25. The summed E-state index contributed by atoms with van der Waals surface area (Å²) in [4.78, 5) is 11.6. The van der Waals surface area contributed by atoms with Gasteiger partial charge in [-0.05, 0) is 24.5 Å². The quantitative estimate of drug-likeness (QED) is 0.814. The van der Waals surface area contributed by atoms with Gasteiger partial charge in [-0.2, -0.15) is 0 Å². The summed E-state index contributed by atoms with van der Waals surface area (Å²) < 4.78 is 0. The highest BCUT2D eigenvalue weighted by Gasteiger charge is 2.11. The van der Waals surface area contributed by atoms with Gasteiger partial charge in [-0.1, -0.05) is 37.0 Å². The van der Waals surface area contributed by atoms with Crippen molar-refractivity contribution < 1.29 is 9.90 Å². The number of amides is 1. The smallest absolute Gasteiger partial charge is 0.224 e. The Hall–Kier alpha value is -0.930. The van der Waals surface area contributed by atoms with Crippen LogP contribution in [0, 0.1) is 5.92 Å². The minimum Gasteiger partial charge on any atom is -0.504 e. The monoisotopic (exact) mass is 275 g/mol. The van der Waals surface area contributed by atoms with Gasteiger partial charge in [-0.25, -0.2) is 0 Å². The molecular formula is C12H15Cl2NO2. The average Bonchev–Trinajstić information content (AvgIpc) is 2.22. The van der Waals surface area contributed by atoms with Crippen LogP contribution in [-0.4, -0.2) is 11.0 Å². The number of phenolic OH excluding ortho intramolecular Hbond substituents is 1. The Bertz CT molecular complexity index is 419. The van der Waals surface area contributed by atoms with Crippen LogP contribution in [0.25, 0.3) is 0 Å². The van der Waals surface area contributed by atoms with E-state index in [-0.39, 0.29) is 22.4 Å². The molecule has 0 aliphatic carbocycles. The molecule has 0 unspecified atom stereocenters. The molecule has 0 saturated heterocycles. The minimum absolute atomic E-state index is 0.122. The predicted octanol–water partition coefficient (Wildman–Crippen LogP) is 4.07. The zero-order valence-corrected chi connectivity index (χ0v) is 11.3. The van der Waals surface area contributed by atoms with Gasteiger partial charge in [-0.3, -0.25) is 4.79 Å². The van der Waals surface area contributed by atoms with Crippen LogP contribution in [0.15, 0.2) is 12.1 Å². The molecule has 0 radical (unpaired) electrons. The lowest BCUT2D eigenvalue weighted by atomic mass is 10.1. The van der Waals surface area contributed by atoms with E-state index in [0.717, 1.165) is 6.42 Å². The van der Waals surface area contributed by atoms with Gasteiger partial charge in [0.2, 0.25) is 5.91 Å². The van der Waals surface area contributed by atoms with Crippen LogP contribution in [0.5, 0.6) is 5.75 Å². The number of anilines is 1. The SMILES string of the molecule is CC(C)CCC(=O)Nc1cc(Cl)cc(Cl)c1O. The Labute approximate surface area is 111 Å². The van der Waals surface area contributed by atoms with Gasteiger partial charge in [-0.15, -0.1) is 0 Å². The van der Waals surface area contributed by atoms with Crippen molar-refractivity contribution in [2.45, 2.75) is 26.7 Å². The number of benzene rings is 1. The second kappa shape index (κ2) is 6.12. The molecule has 1 aromatic rings. The maximum Gasteiger partial charge on any atom is 0.224 e. The number of carbonyl (C=O) groups is 1. The highest BCUT2D eigenvalue weighted by atomic mass is 35.5. The maximum absolute atomic E-state index is 11.6. The van der Waals surface area contributed by atoms with Gasteiger partial charge in [0.15, 0.2) is 5.75 Å². The Kier molecular flexibility index (Phi) is 5.09. The van der Waals surface area contributed by atoms with Gasteiger partial charge < -0.3 is 10.4 Å². The standard InChI is InChI=1S/C12H15Cl2NO2/c1-7(2)3-4-11(16)15-10-6-8(13)5-9(14)12(10)17/h5-7,17H,3-4H2,1-2H3,(H,15,16). The molecule has 0 bridgehead atoms. The molecule has 1 amide bonds. The lowest BCUT2D eigenvalue weighted by Crippen LogP contribution is -2.12. The maximum atomic E-state index is 11.6. The van der Waals surface area contributed by atoms with E-state index >= 15 is 0 Å². The van der Waals surface area contributed by atoms with Gasteiger partial charge in [0, 0.05) is 11.4 Å². The molecule has 0 aromatic heterocycles. The summed E-state index contributed by atoms with van der Waals surface area (Å²) in [5.74, 6) is 0.138. The van der Waals surface area contributed by atoms with Crippen LogP contribution in [0.1, 0.15) is 26.7 Å². The normalized spacial score (nSPS) is 10.6. The number of hydrogen-bond donors (Lipinski definition) is 2. The first kappa shape index (κ1) is 14.1. The third-order valence-corrected chi connectivity index (χ3v) is 2.76. The first-order valence-electron chi connectivity index (χ1n) is 5.38. The number of nitrogens with one attached hydrogen (secondary N) is 1. The molecule has 2 N–H and O–H groups in total. The van der Waals surface area contributed by atoms with Crippen LogP contribution in [0.4, 0.5) is 5.69 Å². The number of hydrogen-bond acceptors (Lipinski definition) is 2. The molecule has 3 nitrogen and oxygen atoms in total. The van der Waals surface area contributed by atoms with E-state index in [9.17, 15) is 9.90 Å². The topological polar surface area (TPSA) is 49.3 Å². The molecule has 1 aromatic carbocycles. The van der Waals surface area contributed by atoms with Crippen molar-refractivity contribution in [1.82, 2.24) is 0 Å². The van der Waals surface area contributed by atoms with Crippen molar-refractivity contribution in [2.75, 3.05) is 5.32 Å². The third kappa shape index (κ3) is 4.44. The van der Waals surface area contributed by atoms with Crippen LogP contribution in [-0.2, 0) is 4.79 Å². The summed E-state index contributed by atoms with van der Waals surface area (Å²) in [6.07, 6.45) is 1.20. The Morgan fingerprint density at radius 2 is 2.06 bits per heavy atom. The highest BCUT2D eigenvalue weighted by molar-refractivity contribution is 6.36. The van der Waals surface area contributed by atoms with Crippen molar-refractivity contribution in [3.05, 3.63) is 22.2 Å². The first-order valence-corrected chi connectivity index (χ1v) is 6.13. The Morgan fingerprint density at radius 3 is 2.65 bits per heavy atom. The molecule has 17 heavy (non-hydrogen) atoms. The summed E-state index contributed by atoms with van der Waals surface area (Å²) in [7, 11) is 0. The van der Waals surface area contributed by atoms with Crippen molar-refractivity contribution in [3.63, 3.8) is 0 Å². The highest BCUT2D eigenvalue weighted by Crippen LogP contribution is 2.35. The van der Waals surface area contributed by atoms with Crippen LogP contribution in [0.2, 0.25) is 10.0 Å². The summed E-state index contributed by atoms with van der Waals surface area (Å²) in [6, 6.07) is 2.89. The van der Waals surface area contributed by atoms with Crippen molar-refractivity contribution in [3.8, 4) is 5.75 Å². The lowest BCUT2D eigenvalue weighted by Gasteiger charge is -2.09. The fourth-order valence-electron chi connectivity index (χ4n) is 1.29. The second-order valence-corrected chi connectivity index (χ2v) is 5.11. The molecule has 0 aliphatic heterocycles. The second-order valence-electron chi connectivity index (χ2n) is 4.26. The summed E-state index contributed by atoms with van der Waals surface area (Å²) in [5.41, 5.74) is 0.247. The van der Waals surface area contributed by atoms with Gasteiger partial charge >= 0.3 is 0 Å². The zero-order chi connectivity index (χ0) is 13.0. The van der Waals surface area contributed by atoms with Crippen molar-refractivity contribution >= 4 is 34.8 Å². The minimum atomic E-state index is -0.160. The summed E-state index contributed by atoms with van der Waals surface area (Å²) >= 11 is 11.5. The molecular weight excluding hydrogens is 261 g/mol. The molecule has 1 rings (SSSR count). The van der Waals surface area contributed by atoms with Crippen LogP contribution >= 0.6 is 23.2 Å². The largest absolute Gasteiger partial charge is 0.504 e. The molecule has 0 aliphatic rings. The fourth-order valence-corrected chi connectivity index (χ4v) is 1.79. The van der Waals surface area contributed by atoms with E-state index in [0.29, 0.717) is 17.4 Å². The summed E-state index contributed by atoms with van der Waals surface area (Å²) in [5, 5.41) is 12.7. The molecule has 0 saturated carbocycles. The molecule has 94 valence electrons. The van der Waals surface area contributed by atoms with Crippen LogP contribution in [0.3, 0.4) is 0 Å². The van der Waals surface area contributed by atoms with Gasteiger partial charge in [0.05, 0.1) is 10.7 Å². The van der Waals surface area contributed by atoms with Crippen molar-refractivity contribution in [2.24, 2.45) is 5.92 Å². The summed E-state index contributed by atoms with van der Waals surface area (Å²) in [6.45, 7) is 4.09. The number of halogens is 2. The first-order chi connectivity index (χ1) is 7.90. The van der Waals surface area contributed by atoms with Crippen LogP contribution < -0.4 is 5.32 Å². The number of aromatic hydroxyl groups is 1. The fraction of sp³-hybridized carbons (Fsp3) is 0.417. The molecule has 0 fully saturated rings. The number of carbonyl (C=O) groups excluding carboxylic acids is 1. The predicted molar refractivity (Wildman–Crippen MR) is 70.8 cm³/mol. The lowest BCUT2D eigenvalue weighted by molar-refractivity contribution is -0.116. The molecule has 5 heteroatoms. The number of phenols is 1. The molecule has 0 atom stereocenters. The zero-order valence-electron chi connectivity index (χ0n) is 9.76. The van der Waals surface area contributed by atoms with Gasteiger partial charge in [0.1, 0.15) is 0 Å². The van der Waals surface area contributed by atoms with Crippen molar-refractivity contribution in [1.29, 1.82) is 0 Å². The van der Waals surface area contributed by atoms with E-state index in [4.69, 9.17) is 23.2 Å². The van der Waals surface area contributed by atoms with E-state index in [1.165, 1.54) is 12.1 Å². The van der Waals surface area contributed by atoms with E-state index in [2.05, 4.69) is 5.32 Å². The number of rotatable bonds is 4. The average molecular weight is 276 g/mol. The molecule has 0 heterocycles. The van der Waals surface area contributed by atoms with E-state index in [1.807, 2.05) is 13.8 Å². The van der Waals surface area contributed by atoms with E-state index in [1.54, 1.807) is 0 Å². The van der Waals surface area contributed by atoms with E-state index < -0.39 is 0 Å². The Balaban J connectivity index is 2.71. The Morgan fingerprint density at radius 1 is 1.41 bits per heavy atom. The molecule has 0 spiro atoms.